The van der Waals surface area contributed by atoms with E-state index in [0.717, 1.165) is 213 Å². The highest BCUT2D eigenvalue weighted by atomic mass is 19.4. The molecule has 1 saturated carbocycles. The van der Waals surface area contributed by atoms with Crippen LogP contribution in [0.2, 0.25) is 0 Å². The molecule has 0 atom stereocenters. The Balaban J connectivity index is 0.000000258. The molecular formula is C98H178F3N21O9. The van der Waals surface area contributed by atoms with Crippen molar-refractivity contribution in [2.75, 3.05) is 332 Å². The molecule has 0 unspecified atom stereocenters. The van der Waals surface area contributed by atoms with Gasteiger partial charge in [-0.1, -0.05) is 96.0 Å². The summed E-state index contributed by atoms with van der Waals surface area (Å²) in [5.41, 5.74) is 1.57. The molecule has 33 heteroatoms. The molecule has 12 fully saturated rings. The molecule has 0 radical (unpaired) electrons. The zero-order valence-electron chi connectivity index (χ0n) is 85.0. The van der Waals surface area contributed by atoms with Crippen molar-refractivity contribution in [2.45, 2.75) is 164 Å². The van der Waals surface area contributed by atoms with Crippen LogP contribution in [0.3, 0.4) is 0 Å². The highest BCUT2D eigenvalue weighted by molar-refractivity contribution is 5.94. The fourth-order valence-electron chi connectivity index (χ4n) is 16.5. The van der Waals surface area contributed by atoms with Crippen LogP contribution in [0, 0.1) is 17.3 Å². The van der Waals surface area contributed by atoms with Crippen LogP contribution in [0.5, 0.6) is 0 Å². The number of piperidine rings is 2. The van der Waals surface area contributed by atoms with E-state index >= 15 is 0 Å². The third-order valence-corrected chi connectivity index (χ3v) is 26.0. The Hall–Kier alpha value is -6.73. The van der Waals surface area contributed by atoms with Crippen LogP contribution in [0.4, 0.5) is 18.0 Å². The summed E-state index contributed by atoms with van der Waals surface area (Å²) in [5.74, 6) is 0.134. The number of hydrogen-bond acceptors (Lipinski definition) is 22. The Morgan fingerprint density at radius 1 is 0.366 bits per heavy atom. The van der Waals surface area contributed by atoms with Crippen LogP contribution in [-0.2, 0) is 40.0 Å². The lowest BCUT2D eigenvalue weighted by molar-refractivity contribution is -0.186. The molecule has 12 aliphatic rings. The van der Waals surface area contributed by atoms with E-state index in [1.165, 1.54) is 110 Å². The second-order valence-corrected chi connectivity index (χ2v) is 40.4. The van der Waals surface area contributed by atoms with Crippen molar-refractivity contribution in [1.82, 2.24) is 104 Å². The number of nitrogens with zero attached hydrogens (tertiary/aromatic N) is 19. The first kappa shape index (κ1) is 115. The van der Waals surface area contributed by atoms with E-state index in [1.54, 1.807) is 18.7 Å². The molecule has 2 aromatic carbocycles. The quantitative estimate of drug-likeness (QED) is 0.245. The molecule has 30 nitrogen and oxygen atoms in total. The maximum Gasteiger partial charge on any atom is 0.471 e. The van der Waals surface area contributed by atoms with Crippen LogP contribution in [-0.4, -0.2) is 497 Å². The van der Waals surface area contributed by atoms with E-state index in [2.05, 4.69) is 168 Å². The van der Waals surface area contributed by atoms with Crippen molar-refractivity contribution in [3.8, 4) is 0 Å². The Morgan fingerprint density at radius 3 is 1.06 bits per heavy atom. The number of carbonyl (C=O) groups is 8. The van der Waals surface area contributed by atoms with Crippen molar-refractivity contribution < 1.29 is 56.3 Å². The molecular weight excluding hydrogens is 1670 g/mol. The molecule has 0 aromatic heterocycles. The minimum Gasteiger partial charge on any atom is -0.444 e. The van der Waals surface area contributed by atoms with Crippen LogP contribution in [0.25, 0.3) is 0 Å². The van der Waals surface area contributed by atoms with Gasteiger partial charge >= 0.3 is 18.2 Å². The van der Waals surface area contributed by atoms with Gasteiger partial charge in [0.15, 0.2) is 0 Å². The summed E-state index contributed by atoms with van der Waals surface area (Å²) in [6.45, 7) is 59.2. The van der Waals surface area contributed by atoms with Gasteiger partial charge in [0, 0.05) is 278 Å². The number of halogens is 3. The van der Waals surface area contributed by atoms with Crippen molar-refractivity contribution in [3.05, 3.63) is 71.8 Å². The van der Waals surface area contributed by atoms with Gasteiger partial charge in [0.1, 0.15) is 5.60 Å². The van der Waals surface area contributed by atoms with Gasteiger partial charge in [-0.2, -0.15) is 13.2 Å². The Bertz CT molecular complexity index is 3480. The molecule has 14 rings (SSSR count). The number of likely N-dealkylation sites (N-methyl/N-ethyl adjacent to an activating group) is 8. The number of nitrogens with one attached hydrogen (secondary N) is 2. The number of carbonyl (C=O) groups excluding carboxylic acids is 8. The minimum atomic E-state index is -4.73. The van der Waals surface area contributed by atoms with Crippen molar-refractivity contribution >= 4 is 47.4 Å². The predicted octanol–water partition coefficient (Wildman–Crippen LogP) is 6.94. The van der Waals surface area contributed by atoms with Gasteiger partial charge < -0.3 is 98.7 Å². The van der Waals surface area contributed by atoms with Crippen molar-refractivity contribution in [2.24, 2.45) is 17.3 Å². The maximum atomic E-state index is 12.0. The number of ether oxygens (including phenoxy) is 1. The molecule has 11 saturated heterocycles. The number of hydrogen-bond donors (Lipinski definition) is 2. The maximum absolute atomic E-state index is 12.0. The lowest BCUT2D eigenvalue weighted by Gasteiger charge is -2.33. The summed E-state index contributed by atoms with van der Waals surface area (Å²) in [5, 5.41) is 6.05. The molecule has 2 N–H and O–H groups in total. The second-order valence-electron chi connectivity index (χ2n) is 40.4. The van der Waals surface area contributed by atoms with E-state index in [9.17, 15) is 51.5 Å². The summed E-state index contributed by atoms with van der Waals surface area (Å²) in [7, 11) is 20.9. The number of likely N-dealkylation sites (tertiary alicyclic amines) is 3. The highest BCUT2D eigenvalue weighted by Gasteiger charge is 2.43. The highest BCUT2D eigenvalue weighted by Crippen LogP contribution is 2.27. The zero-order chi connectivity index (χ0) is 96.8. The number of piperazine rings is 8. The number of rotatable bonds is 10. The molecule has 8 amide bonds. The normalized spacial score (nSPS) is 21.4. The van der Waals surface area contributed by atoms with Gasteiger partial charge in [0.05, 0.1) is 0 Å². The molecule has 11 heterocycles. The Kier molecular flexibility index (Phi) is 53.2. The van der Waals surface area contributed by atoms with Gasteiger partial charge in [-0.25, -0.2) is 4.79 Å². The van der Waals surface area contributed by atoms with Gasteiger partial charge in [-0.3, -0.25) is 43.4 Å². The van der Waals surface area contributed by atoms with Crippen molar-refractivity contribution in [3.63, 3.8) is 0 Å². The lowest BCUT2D eigenvalue weighted by atomic mass is 9.94. The monoisotopic (exact) mass is 1850 g/mol. The second kappa shape index (κ2) is 60.7. The number of amides is 8. The predicted molar refractivity (Wildman–Crippen MR) is 521 cm³/mol. The summed E-state index contributed by atoms with van der Waals surface area (Å²) in [4.78, 5) is 132. The topological polar surface area (TPSA) is 231 Å². The van der Waals surface area contributed by atoms with Crippen LogP contribution >= 0.6 is 0 Å². The van der Waals surface area contributed by atoms with Gasteiger partial charge in [0.2, 0.25) is 29.5 Å². The van der Waals surface area contributed by atoms with E-state index in [-0.39, 0.29) is 59.7 Å². The summed E-state index contributed by atoms with van der Waals surface area (Å²) >= 11 is 0. The molecule has 11 aliphatic heterocycles. The number of alkyl halides is 3. The largest absolute Gasteiger partial charge is 0.471 e. The van der Waals surface area contributed by atoms with Crippen molar-refractivity contribution in [1.29, 1.82) is 0 Å². The lowest BCUT2D eigenvalue weighted by Crippen LogP contribution is -2.51. The summed E-state index contributed by atoms with van der Waals surface area (Å²) in [6, 6.07) is 21.0. The smallest absolute Gasteiger partial charge is 0.444 e. The van der Waals surface area contributed by atoms with E-state index < -0.39 is 12.1 Å². The summed E-state index contributed by atoms with van der Waals surface area (Å²) in [6.07, 6.45) is 7.04. The standard InChI is InChI=1S/C12H16N2O.C12H18N2.C11H23N3.C11H20N2O.C11H22N2O.C10H20N2O2.C9H18N2O.C8H16N2O.C7H11F3N2O.C7H14N2O/c1-13-7-9-14(10-8-13)12(15)11-5-3-2-4-6-11;1-13-7-9-14(10-8-13)11-12-5-3-2-4-6-12;1-12-6-8-14(9-7-12)11-10-13-4-2-3-5-13;1-12-6-8-13(9-7-12)11(14)10-4-2-3-5-10;1-11(2,3)10(14)12-9-5-7-13(4)8-6-9;1-10(2,3)14-9(13)12-7-5-11(4)6-8-12;1-8(2)9(12)11-6-4-10(3)5-7-11;1-7(11)9-8-3-5-10(2)6-4-8;1-11-2-4-12(5-3-11)6(13)7(8,9)10;1-7(10)9-5-3-8(2)4-6-9/h2-6H,7-10H2,1H3;2-6H,7-11H2,1H3;2-11H2,1H3;10H,2-9H2,1H3;9H,5-8H2,1-4H3,(H,12,14);5-8H2,1-4H3;8H,4-7H2,1-3H3;8H,3-6H2,1-2H3,(H,9,11);2-5H2,1H3;3-6H2,1-2H3. The summed E-state index contributed by atoms with van der Waals surface area (Å²) < 4.78 is 41.1. The third-order valence-electron chi connectivity index (χ3n) is 26.0. The first-order chi connectivity index (χ1) is 61.9. The minimum absolute atomic E-state index is 0.0968. The van der Waals surface area contributed by atoms with E-state index in [0.29, 0.717) is 42.9 Å². The average Bonchev–Trinajstić information content (AvgIpc) is 1.76. The van der Waals surface area contributed by atoms with Gasteiger partial charge in [-0.15, -0.1) is 0 Å². The third kappa shape index (κ3) is 48.5. The van der Waals surface area contributed by atoms with E-state index in [4.69, 9.17) is 4.74 Å². The molecule has 2 aromatic rings. The first-order valence-electron chi connectivity index (χ1n) is 49.1. The van der Waals surface area contributed by atoms with E-state index in [1.807, 2.05) is 112 Å². The zero-order valence-corrected chi connectivity index (χ0v) is 85.0. The molecule has 0 bridgehead atoms. The number of benzene rings is 2. The molecule has 750 valence electrons. The van der Waals surface area contributed by atoms with Crippen LogP contribution in [0.1, 0.15) is 149 Å². The fourth-order valence-corrected chi connectivity index (χ4v) is 16.5. The van der Waals surface area contributed by atoms with Gasteiger partial charge in [0.25, 0.3) is 5.91 Å². The molecule has 0 spiro atoms. The van der Waals surface area contributed by atoms with Crippen LogP contribution in [0.15, 0.2) is 60.7 Å². The molecule has 131 heavy (non-hydrogen) atoms. The Morgan fingerprint density at radius 2 is 0.695 bits per heavy atom. The van der Waals surface area contributed by atoms with Crippen LogP contribution < -0.4 is 10.6 Å². The average molecular weight is 1850 g/mol. The fraction of sp³-hybridized carbons (Fsp3) is 0.796. The first-order valence-corrected chi connectivity index (χ1v) is 49.1. The Labute approximate surface area is 788 Å². The SMILES string of the molecule is CC(=O)N1CCN(C)CC1.CC(=O)NC1CCN(C)CC1.CC(C)C(=O)N1CCN(C)CC1.CN1CCC(NC(=O)C(C)(C)C)CC1.CN1CCN(C(=O)C(F)(F)F)CC1.CN1CCN(C(=O)C2CCCC2)CC1.CN1CCN(C(=O)OC(C)(C)C)CC1.CN1CCN(C(=O)c2ccccc2)CC1.CN1CCN(CCN2CCCC2)CC1.CN1CCN(Cc2ccccc2)CC1. The van der Waals surface area contributed by atoms with Gasteiger partial charge in [-0.05, 0) is 200 Å². The molecule has 1 aliphatic carbocycles.